The maximum Gasteiger partial charge on any atom is 0.194 e. The Kier molecular flexibility index (Phi) is 3.81. The number of hydrogen-bond donors (Lipinski definition) is 0. The average Bonchev–Trinajstić information content (AvgIpc) is 2.39. The molecular formula is C15H19FO2. The van der Waals surface area contributed by atoms with Crippen LogP contribution in [0.5, 0.6) is 0 Å². The van der Waals surface area contributed by atoms with Crippen LogP contribution in [0, 0.1) is 11.7 Å². The highest BCUT2D eigenvalue weighted by atomic mass is 19.1. The molecule has 1 aliphatic carbocycles. The lowest BCUT2D eigenvalue weighted by molar-refractivity contribution is -0.0263. The molecule has 0 saturated heterocycles. The summed E-state index contributed by atoms with van der Waals surface area (Å²) in [6.07, 6.45) is 3.41. The number of benzene rings is 1. The largest absolute Gasteiger partial charge is 0.370 e. The van der Waals surface area contributed by atoms with Gasteiger partial charge in [0.2, 0.25) is 0 Å². The maximum atomic E-state index is 13.2. The molecule has 0 heterocycles. The Bertz CT molecular complexity index is 434. The van der Waals surface area contributed by atoms with Gasteiger partial charge in [-0.2, -0.15) is 0 Å². The first-order valence-electron chi connectivity index (χ1n) is 6.43. The summed E-state index contributed by atoms with van der Waals surface area (Å²) in [4.78, 5) is 12.5. The monoisotopic (exact) mass is 250 g/mol. The molecule has 0 unspecified atom stereocenters. The smallest absolute Gasteiger partial charge is 0.194 e. The molecule has 1 aromatic carbocycles. The molecule has 1 aliphatic rings. The van der Waals surface area contributed by atoms with Crippen molar-refractivity contribution in [2.24, 2.45) is 5.92 Å². The Labute approximate surface area is 107 Å². The van der Waals surface area contributed by atoms with Crippen molar-refractivity contribution in [2.45, 2.75) is 38.2 Å². The molecule has 2 rings (SSSR count). The van der Waals surface area contributed by atoms with Gasteiger partial charge in [-0.15, -0.1) is 0 Å². The molecule has 98 valence electrons. The Morgan fingerprint density at radius 2 is 2.06 bits per heavy atom. The van der Waals surface area contributed by atoms with Crippen LogP contribution in [-0.2, 0) is 4.74 Å². The fraction of sp³-hybridized carbons (Fsp3) is 0.533. The third kappa shape index (κ3) is 2.46. The number of carbonyl (C=O) groups is 1. The Balaban J connectivity index is 2.25. The van der Waals surface area contributed by atoms with Crippen molar-refractivity contribution in [1.29, 1.82) is 0 Å². The molecule has 2 nitrogen and oxygen atoms in total. The van der Waals surface area contributed by atoms with Crippen molar-refractivity contribution < 1.29 is 13.9 Å². The summed E-state index contributed by atoms with van der Waals surface area (Å²) in [6, 6.07) is 5.86. The number of carbonyl (C=O) groups excluding carboxylic acids is 1. The molecule has 0 aliphatic heterocycles. The molecule has 0 amide bonds. The number of ketones is 1. The van der Waals surface area contributed by atoms with E-state index in [0.717, 1.165) is 25.7 Å². The molecule has 0 spiro atoms. The zero-order valence-corrected chi connectivity index (χ0v) is 10.9. The predicted octanol–water partition coefficient (Wildman–Crippen LogP) is 3.60. The number of methoxy groups -OCH3 is 1. The van der Waals surface area contributed by atoms with Crippen LogP contribution in [0.1, 0.15) is 43.0 Å². The molecule has 1 saturated carbocycles. The standard InChI is InChI=1S/C15H19FO2/c1-11-6-8-15(18-2,9-7-11)14(17)12-4-3-5-13(16)10-12/h3-5,10-11H,6-9H2,1-2H3. The highest BCUT2D eigenvalue weighted by Gasteiger charge is 2.41. The molecule has 0 aromatic heterocycles. The van der Waals surface area contributed by atoms with Gasteiger partial charge in [-0.25, -0.2) is 4.39 Å². The van der Waals surface area contributed by atoms with E-state index in [1.54, 1.807) is 19.2 Å². The molecule has 18 heavy (non-hydrogen) atoms. The summed E-state index contributed by atoms with van der Waals surface area (Å²) in [6.45, 7) is 2.19. The van der Waals surface area contributed by atoms with Gasteiger partial charge >= 0.3 is 0 Å². The van der Waals surface area contributed by atoms with E-state index in [1.807, 2.05) is 0 Å². The lowest BCUT2D eigenvalue weighted by Gasteiger charge is -2.36. The van der Waals surface area contributed by atoms with E-state index in [9.17, 15) is 9.18 Å². The molecule has 0 radical (unpaired) electrons. The van der Waals surface area contributed by atoms with Crippen LogP contribution in [0.15, 0.2) is 24.3 Å². The summed E-state index contributed by atoms with van der Waals surface area (Å²) in [5, 5.41) is 0. The van der Waals surface area contributed by atoms with Crippen LogP contribution >= 0.6 is 0 Å². The van der Waals surface area contributed by atoms with Crippen molar-refractivity contribution >= 4 is 5.78 Å². The molecular weight excluding hydrogens is 231 g/mol. The maximum absolute atomic E-state index is 13.2. The first-order chi connectivity index (χ1) is 8.57. The summed E-state index contributed by atoms with van der Waals surface area (Å²) in [5.41, 5.74) is -0.341. The van der Waals surface area contributed by atoms with E-state index < -0.39 is 5.60 Å². The highest BCUT2D eigenvalue weighted by molar-refractivity contribution is 6.02. The summed E-state index contributed by atoms with van der Waals surface area (Å²) < 4.78 is 18.7. The van der Waals surface area contributed by atoms with Crippen molar-refractivity contribution in [2.75, 3.05) is 7.11 Å². The van der Waals surface area contributed by atoms with Gasteiger partial charge in [-0.05, 0) is 43.7 Å². The molecule has 0 N–H and O–H groups in total. The van der Waals surface area contributed by atoms with Crippen LogP contribution in [0.3, 0.4) is 0 Å². The minimum Gasteiger partial charge on any atom is -0.370 e. The predicted molar refractivity (Wildman–Crippen MR) is 68.1 cm³/mol. The Morgan fingerprint density at radius 3 is 2.61 bits per heavy atom. The number of rotatable bonds is 3. The quantitative estimate of drug-likeness (QED) is 0.766. The third-order valence-electron chi connectivity index (χ3n) is 3.97. The first-order valence-corrected chi connectivity index (χ1v) is 6.43. The molecule has 1 fully saturated rings. The van der Waals surface area contributed by atoms with E-state index in [2.05, 4.69) is 6.92 Å². The van der Waals surface area contributed by atoms with Gasteiger partial charge in [-0.1, -0.05) is 19.1 Å². The normalized spacial score (nSPS) is 28.1. The summed E-state index contributed by atoms with van der Waals surface area (Å²) in [5.74, 6) is 0.168. The zero-order chi connectivity index (χ0) is 13.2. The fourth-order valence-electron chi connectivity index (χ4n) is 2.65. The van der Waals surface area contributed by atoms with Gasteiger partial charge in [0.05, 0.1) is 0 Å². The second-order valence-corrected chi connectivity index (χ2v) is 5.22. The van der Waals surface area contributed by atoms with E-state index in [4.69, 9.17) is 4.74 Å². The summed E-state index contributed by atoms with van der Waals surface area (Å²) >= 11 is 0. The number of ether oxygens (including phenoxy) is 1. The third-order valence-corrected chi connectivity index (χ3v) is 3.97. The van der Waals surface area contributed by atoms with Crippen molar-refractivity contribution in [3.05, 3.63) is 35.6 Å². The van der Waals surface area contributed by atoms with E-state index in [1.165, 1.54) is 12.1 Å². The lowest BCUT2D eigenvalue weighted by atomic mass is 9.75. The SMILES string of the molecule is COC1(C(=O)c2cccc(F)c2)CCC(C)CC1. The Morgan fingerprint density at radius 1 is 1.39 bits per heavy atom. The number of hydrogen-bond acceptors (Lipinski definition) is 2. The molecule has 0 atom stereocenters. The van der Waals surface area contributed by atoms with Gasteiger partial charge in [0.25, 0.3) is 0 Å². The first kappa shape index (κ1) is 13.2. The topological polar surface area (TPSA) is 26.3 Å². The van der Waals surface area contributed by atoms with Gasteiger partial charge in [-0.3, -0.25) is 4.79 Å². The Hall–Kier alpha value is -1.22. The van der Waals surface area contributed by atoms with Crippen molar-refractivity contribution in [1.82, 2.24) is 0 Å². The second kappa shape index (κ2) is 5.19. The molecule has 3 heteroatoms. The number of Topliss-reactive ketones (excluding diaryl/α,β-unsaturated/α-hetero) is 1. The summed E-state index contributed by atoms with van der Waals surface area (Å²) in [7, 11) is 1.58. The molecule has 1 aromatic rings. The van der Waals surface area contributed by atoms with E-state index in [-0.39, 0.29) is 11.6 Å². The van der Waals surface area contributed by atoms with Crippen LogP contribution in [0.4, 0.5) is 4.39 Å². The second-order valence-electron chi connectivity index (χ2n) is 5.22. The zero-order valence-electron chi connectivity index (χ0n) is 10.9. The highest BCUT2D eigenvalue weighted by Crippen LogP contribution is 2.36. The minimum atomic E-state index is -0.750. The van der Waals surface area contributed by atoms with Gasteiger partial charge in [0, 0.05) is 12.7 Å². The van der Waals surface area contributed by atoms with Crippen molar-refractivity contribution in [3.63, 3.8) is 0 Å². The van der Waals surface area contributed by atoms with Crippen molar-refractivity contribution in [3.8, 4) is 0 Å². The van der Waals surface area contributed by atoms with Crippen LogP contribution < -0.4 is 0 Å². The van der Waals surface area contributed by atoms with Crippen LogP contribution in [0.25, 0.3) is 0 Å². The van der Waals surface area contributed by atoms with E-state index >= 15 is 0 Å². The molecule has 0 bridgehead atoms. The lowest BCUT2D eigenvalue weighted by Crippen LogP contribution is -2.43. The fourth-order valence-corrected chi connectivity index (χ4v) is 2.65. The van der Waals surface area contributed by atoms with Gasteiger partial charge in [0.15, 0.2) is 5.78 Å². The minimum absolute atomic E-state index is 0.0867. The van der Waals surface area contributed by atoms with Crippen LogP contribution in [0.2, 0.25) is 0 Å². The van der Waals surface area contributed by atoms with Crippen LogP contribution in [-0.4, -0.2) is 18.5 Å². The average molecular weight is 250 g/mol. The van der Waals surface area contributed by atoms with Gasteiger partial charge in [0.1, 0.15) is 11.4 Å². The number of halogens is 1. The van der Waals surface area contributed by atoms with E-state index in [0.29, 0.717) is 11.5 Å². The van der Waals surface area contributed by atoms with Gasteiger partial charge < -0.3 is 4.74 Å².